The van der Waals surface area contributed by atoms with Gasteiger partial charge in [0.1, 0.15) is 6.54 Å². The molecule has 0 spiro atoms. The number of hydrogen-bond donors (Lipinski definition) is 2. The van der Waals surface area contributed by atoms with Gasteiger partial charge in [-0.2, -0.15) is 0 Å². The number of rotatable bonds is 7. The van der Waals surface area contributed by atoms with Crippen molar-refractivity contribution in [1.82, 2.24) is 15.1 Å². The fourth-order valence-corrected chi connectivity index (χ4v) is 2.01. The van der Waals surface area contributed by atoms with Gasteiger partial charge in [0.05, 0.1) is 11.5 Å². The zero-order valence-corrected chi connectivity index (χ0v) is 11.2. The number of carbonyl (C=O) groups is 4. The van der Waals surface area contributed by atoms with Crippen LogP contribution in [0, 0.1) is 0 Å². The number of aliphatic carboxylic acids is 1. The minimum absolute atomic E-state index is 0.0268. The average molecular weight is 289 g/mol. The molecule has 1 aliphatic heterocycles. The Kier molecular flexibility index (Phi) is 5.61. The summed E-state index contributed by atoms with van der Waals surface area (Å²) in [6.07, 6.45) is 0. The Hall–Kier alpha value is -1.77. The van der Waals surface area contributed by atoms with Crippen molar-refractivity contribution in [1.29, 1.82) is 0 Å². The maximum Gasteiger partial charge on any atom is 0.327 e. The molecule has 4 amide bonds. The minimum Gasteiger partial charge on any atom is -0.481 e. The van der Waals surface area contributed by atoms with Gasteiger partial charge >= 0.3 is 12.0 Å². The van der Waals surface area contributed by atoms with E-state index in [-0.39, 0.29) is 49.0 Å². The molecule has 1 saturated heterocycles. The maximum absolute atomic E-state index is 11.5. The summed E-state index contributed by atoms with van der Waals surface area (Å²) < 4.78 is 0. The molecule has 1 aliphatic rings. The number of hydrogen-bond acceptors (Lipinski definition) is 5. The molecular formula is C10H15N3O5S. The lowest BCUT2D eigenvalue weighted by molar-refractivity contribution is -0.134. The van der Waals surface area contributed by atoms with Gasteiger partial charge in [0.25, 0.3) is 0 Å². The third-order valence-electron chi connectivity index (χ3n) is 2.42. The quantitative estimate of drug-likeness (QED) is 0.571. The van der Waals surface area contributed by atoms with Crippen molar-refractivity contribution in [2.45, 2.75) is 0 Å². The number of carboxylic acid groups (broad SMARTS) is 1. The Labute approximate surface area is 114 Å². The number of carbonyl (C=O) groups excluding carboxylic acids is 3. The number of likely N-dealkylation sites (N-methyl/N-ethyl adjacent to an activating group) is 1. The van der Waals surface area contributed by atoms with Crippen LogP contribution < -0.4 is 5.32 Å². The fourth-order valence-electron chi connectivity index (χ4n) is 1.44. The molecule has 0 aromatic rings. The third kappa shape index (κ3) is 4.78. The lowest BCUT2D eigenvalue weighted by Crippen LogP contribution is -2.37. The van der Waals surface area contributed by atoms with Crippen molar-refractivity contribution in [3.05, 3.63) is 0 Å². The van der Waals surface area contributed by atoms with E-state index < -0.39 is 5.97 Å². The zero-order chi connectivity index (χ0) is 14.4. The van der Waals surface area contributed by atoms with Crippen LogP contribution in [0.15, 0.2) is 0 Å². The topological polar surface area (TPSA) is 107 Å². The van der Waals surface area contributed by atoms with E-state index in [1.165, 1.54) is 11.9 Å². The summed E-state index contributed by atoms with van der Waals surface area (Å²) in [6, 6.07) is -0.375. The van der Waals surface area contributed by atoms with Crippen LogP contribution in [0.25, 0.3) is 0 Å². The first-order valence-corrected chi connectivity index (χ1v) is 6.69. The molecule has 1 rings (SSSR count). The molecule has 9 heteroatoms. The first-order chi connectivity index (χ1) is 8.91. The first-order valence-electron chi connectivity index (χ1n) is 5.53. The van der Waals surface area contributed by atoms with Crippen LogP contribution in [-0.2, 0) is 14.4 Å². The van der Waals surface area contributed by atoms with Gasteiger partial charge in [-0.1, -0.05) is 0 Å². The van der Waals surface area contributed by atoms with Gasteiger partial charge in [0.15, 0.2) is 0 Å². The summed E-state index contributed by atoms with van der Waals surface area (Å²) in [6.45, 7) is 0.516. The molecule has 1 fully saturated rings. The number of nitrogens with one attached hydrogen (secondary N) is 1. The molecule has 0 atom stereocenters. The Morgan fingerprint density at radius 1 is 1.37 bits per heavy atom. The predicted molar refractivity (Wildman–Crippen MR) is 67.7 cm³/mol. The molecule has 0 saturated carbocycles. The van der Waals surface area contributed by atoms with Crippen molar-refractivity contribution in [2.24, 2.45) is 0 Å². The van der Waals surface area contributed by atoms with Gasteiger partial charge in [-0.05, 0) is 0 Å². The Morgan fingerprint density at radius 2 is 2.05 bits per heavy atom. The van der Waals surface area contributed by atoms with Crippen LogP contribution in [-0.4, -0.2) is 76.9 Å². The van der Waals surface area contributed by atoms with Crippen LogP contribution in [0.4, 0.5) is 4.79 Å². The summed E-state index contributed by atoms with van der Waals surface area (Å²) >= 11 is 0.999. The number of nitrogens with zero attached hydrogens (tertiary/aromatic N) is 2. The molecule has 1 heterocycles. The normalized spacial score (nSPS) is 15.0. The zero-order valence-electron chi connectivity index (χ0n) is 10.4. The van der Waals surface area contributed by atoms with Crippen LogP contribution in [0.2, 0.25) is 0 Å². The summed E-state index contributed by atoms with van der Waals surface area (Å²) in [4.78, 5) is 46.6. The van der Waals surface area contributed by atoms with Gasteiger partial charge in [-0.3, -0.25) is 19.3 Å². The van der Waals surface area contributed by atoms with E-state index in [1.807, 2.05) is 0 Å². The van der Waals surface area contributed by atoms with Crippen molar-refractivity contribution in [3.63, 3.8) is 0 Å². The van der Waals surface area contributed by atoms with Crippen LogP contribution in [0.1, 0.15) is 0 Å². The lowest BCUT2D eigenvalue weighted by Gasteiger charge is -2.14. The highest BCUT2D eigenvalue weighted by atomic mass is 32.2. The second kappa shape index (κ2) is 6.98. The Bertz CT molecular complexity index is 401. The highest BCUT2D eigenvalue weighted by Crippen LogP contribution is 2.06. The molecule has 0 radical (unpaired) electrons. The molecule has 0 aromatic carbocycles. The summed E-state index contributed by atoms with van der Waals surface area (Å²) in [5.74, 6) is -1.61. The van der Waals surface area contributed by atoms with E-state index in [9.17, 15) is 19.2 Å². The maximum atomic E-state index is 11.5. The largest absolute Gasteiger partial charge is 0.481 e. The molecule has 8 nitrogen and oxygen atoms in total. The second-order valence-corrected chi connectivity index (χ2v) is 4.88. The van der Waals surface area contributed by atoms with Crippen LogP contribution >= 0.6 is 11.8 Å². The smallest absolute Gasteiger partial charge is 0.327 e. The second-order valence-electron chi connectivity index (χ2n) is 3.89. The highest BCUT2D eigenvalue weighted by molar-refractivity contribution is 8.00. The van der Waals surface area contributed by atoms with Crippen LogP contribution in [0.3, 0.4) is 0 Å². The van der Waals surface area contributed by atoms with Crippen molar-refractivity contribution >= 4 is 35.6 Å². The summed E-state index contributed by atoms with van der Waals surface area (Å²) in [5, 5.41) is 10.9. The lowest BCUT2D eigenvalue weighted by atomic mass is 10.5. The van der Waals surface area contributed by atoms with Gasteiger partial charge in [0, 0.05) is 20.1 Å². The fraction of sp³-hybridized carbons (Fsp3) is 0.600. The van der Waals surface area contributed by atoms with E-state index in [1.54, 1.807) is 0 Å². The van der Waals surface area contributed by atoms with Crippen molar-refractivity contribution in [2.75, 3.05) is 38.2 Å². The molecule has 106 valence electrons. The molecule has 2 N–H and O–H groups in total. The number of carboxylic acids is 1. The average Bonchev–Trinajstić information content (AvgIpc) is 2.57. The summed E-state index contributed by atoms with van der Waals surface area (Å²) in [5.41, 5.74) is 0. The predicted octanol–water partition coefficient (Wildman–Crippen LogP) is -1.19. The van der Waals surface area contributed by atoms with Crippen molar-refractivity contribution < 1.29 is 24.3 Å². The van der Waals surface area contributed by atoms with Gasteiger partial charge in [0.2, 0.25) is 11.8 Å². The molecule has 0 aromatic heterocycles. The van der Waals surface area contributed by atoms with E-state index in [0.717, 1.165) is 16.7 Å². The van der Waals surface area contributed by atoms with Crippen molar-refractivity contribution in [3.8, 4) is 0 Å². The van der Waals surface area contributed by atoms with E-state index in [4.69, 9.17) is 5.11 Å². The Morgan fingerprint density at radius 3 is 2.58 bits per heavy atom. The minimum atomic E-state index is -0.970. The highest BCUT2D eigenvalue weighted by Gasteiger charge is 2.32. The van der Waals surface area contributed by atoms with E-state index in [0.29, 0.717) is 0 Å². The first kappa shape index (κ1) is 15.3. The van der Waals surface area contributed by atoms with E-state index >= 15 is 0 Å². The SMILES string of the molecule is CN1C(=O)CN(CCNC(=O)CSCC(=O)O)C1=O. The number of amides is 4. The number of imide groups is 1. The number of urea groups is 1. The Balaban J connectivity index is 2.17. The van der Waals surface area contributed by atoms with Gasteiger partial charge < -0.3 is 15.3 Å². The molecule has 0 aliphatic carbocycles. The van der Waals surface area contributed by atoms with Gasteiger partial charge in [-0.25, -0.2) is 4.79 Å². The van der Waals surface area contributed by atoms with Crippen LogP contribution in [0.5, 0.6) is 0 Å². The molecule has 19 heavy (non-hydrogen) atoms. The standard InChI is InChI=1S/C10H15N3O5S/c1-12-8(15)4-13(10(12)18)3-2-11-7(14)5-19-6-9(16)17/h2-6H2,1H3,(H,11,14)(H,16,17). The monoisotopic (exact) mass is 289 g/mol. The van der Waals surface area contributed by atoms with E-state index in [2.05, 4.69) is 5.32 Å². The summed E-state index contributed by atoms with van der Waals surface area (Å²) in [7, 11) is 1.41. The number of thioether (sulfide) groups is 1. The molecular weight excluding hydrogens is 274 g/mol. The molecule has 0 bridgehead atoms. The van der Waals surface area contributed by atoms with Gasteiger partial charge in [-0.15, -0.1) is 11.8 Å². The third-order valence-corrected chi connectivity index (χ3v) is 3.34. The molecule has 0 unspecified atom stereocenters.